The first-order chi connectivity index (χ1) is 11.1. The number of urea groups is 1. The lowest BCUT2D eigenvalue weighted by Gasteiger charge is -2.24. The minimum atomic E-state index is -0.809. The van der Waals surface area contributed by atoms with Gasteiger partial charge in [-0.25, -0.2) is 4.79 Å². The van der Waals surface area contributed by atoms with Gasteiger partial charge in [0.05, 0.1) is 0 Å². The monoisotopic (exact) mass is 314 g/mol. The first kappa shape index (κ1) is 16.0. The highest BCUT2D eigenvalue weighted by atomic mass is 16.2. The van der Waals surface area contributed by atoms with E-state index in [9.17, 15) is 9.59 Å². The second-order valence-electron chi connectivity index (χ2n) is 6.82. The van der Waals surface area contributed by atoms with Crippen LogP contribution in [0.5, 0.6) is 0 Å². The Morgan fingerprint density at radius 1 is 1.26 bits per heavy atom. The van der Waals surface area contributed by atoms with E-state index < -0.39 is 5.54 Å². The predicted molar refractivity (Wildman–Crippen MR) is 90.0 cm³/mol. The maximum Gasteiger partial charge on any atom is 0.325 e. The molecule has 0 radical (unpaired) electrons. The van der Waals surface area contributed by atoms with E-state index >= 15 is 0 Å². The Kier molecular flexibility index (Phi) is 4.42. The molecule has 4 nitrogen and oxygen atoms in total. The molecule has 2 aliphatic rings. The molecule has 0 saturated carbocycles. The molecule has 2 atom stereocenters. The van der Waals surface area contributed by atoms with Crippen molar-refractivity contribution in [2.45, 2.75) is 57.9 Å². The molecule has 0 unspecified atom stereocenters. The number of nitrogens with zero attached hydrogens (tertiary/aromatic N) is 1. The predicted octanol–water partition coefficient (Wildman–Crippen LogP) is 3.60. The number of unbranched alkanes of at least 4 members (excludes halogenated alkanes) is 1. The third-order valence-corrected chi connectivity index (χ3v) is 5.41. The number of fused-ring (bicyclic) bond motifs is 2. The highest BCUT2D eigenvalue weighted by Crippen LogP contribution is 2.41. The second kappa shape index (κ2) is 6.34. The van der Waals surface area contributed by atoms with Gasteiger partial charge in [0, 0.05) is 6.54 Å². The number of hydrogen-bond acceptors (Lipinski definition) is 2. The fraction of sp³-hybridized carbons (Fsp3) is 0.579. The lowest BCUT2D eigenvalue weighted by atomic mass is 9.91. The van der Waals surface area contributed by atoms with E-state index in [0.717, 1.165) is 37.7 Å². The molecule has 1 saturated heterocycles. The molecular weight excluding hydrogens is 288 g/mol. The van der Waals surface area contributed by atoms with Gasteiger partial charge in [-0.05, 0) is 36.3 Å². The summed E-state index contributed by atoms with van der Waals surface area (Å²) in [6.07, 6.45) is 5.90. The van der Waals surface area contributed by atoms with Gasteiger partial charge >= 0.3 is 6.03 Å². The van der Waals surface area contributed by atoms with Crippen LogP contribution in [0.15, 0.2) is 24.3 Å². The van der Waals surface area contributed by atoms with Gasteiger partial charge in [-0.2, -0.15) is 0 Å². The van der Waals surface area contributed by atoms with Gasteiger partial charge < -0.3 is 5.32 Å². The fourth-order valence-electron chi connectivity index (χ4n) is 3.93. The van der Waals surface area contributed by atoms with Crippen LogP contribution in [0.1, 0.15) is 57.1 Å². The first-order valence-electron chi connectivity index (χ1n) is 8.85. The zero-order valence-electron chi connectivity index (χ0n) is 14.1. The molecule has 1 aliphatic heterocycles. The van der Waals surface area contributed by atoms with Crippen molar-refractivity contribution in [2.75, 3.05) is 6.54 Å². The summed E-state index contributed by atoms with van der Waals surface area (Å²) >= 11 is 0. The molecule has 1 aromatic rings. The summed E-state index contributed by atoms with van der Waals surface area (Å²) in [6.45, 7) is 4.86. The van der Waals surface area contributed by atoms with Crippen LogP contribution in [0, 0.1) is 5.92 Å². The molecule has 0 aromatic heterocycles. The van der Waals surface area contributed by atoms with Crippen molar-refractivity contribution in [3.63, 3.8) is 0 Å². The quantitative estimate of drug-likeness (QED) is 0.816. The number of carbonyl (C=O) groups is 2. The highest BCUT2D eigenvalue weighted by Gasteiger charge is 2.55. The minimum Gasteiger partial charge on any atom is -0.319 e. The van der Waals surface area contributed by atoms with Gasteiger partial charge in [-0.1, -0.05) is 57.4 Å². The fourth-order valence-corrected chi connectivity index (χ4v) is 3.93. The zero-order chi connectivity index (χ0) is 16.4. The summed E-state index contributed by atoms with van der Waals surface area (Å²) in [4.78, 5) is 27.0. The van der Waals surface area contributed by atoms with Crippen molar-refractivity contribution >= 4 is 11.9 Å². The van der Waals surface area contributed by atoms with E-state index in [1.54, 1.807) is 0 Å². The van der Waals surface area contributed by atoms with Gasteiger partial charge in [0.1, 0.15) is 5.54 Å². The number of benzene rings is 1. The Morgan fingerprint density at radius 2 is 2.04 bits per heavy atom. The van der Waals surface area contributed by atoms with E-state index in [1.165, 1.54) is 10.5 Å². The molecular formula is C19H26N2O2. The average molecular weight is 314 g/mol. The largest absolute Gasteiger partial charge is 0.325 e. The van der Waals surface area contributed by atoms with Crippen molar-refractivity contribution in [3.8, 4) is 0 Å². The Balaban J connectivity index is 1.81. The minimum absolute atomic E-state index is 0.0533. The van der Waals surface area contributed by atoms with Crippen molar-refractivity contribution in [3.05, 3.63) is 35.4 Å². The maximum absolute atomic E-state index is 13.1. The number of nitrogens with one attached hydrogen (secondary N) is 1. The van der Waals surface area contributed by atoms with Crippen LogP contribution in [-0.4, -0.2) is 23.4 Å². The summed E-state index contributed by atoms with van der Waals surface area (Å²) in [5.74, 6) is 0.346. The Labute approximate surface area is 138 Å². The second-order valence-corrected chi connectivity index (χ2v) is 6.82. The summed E-state index contributed by atoms with van der Waals surface area (Å²) in [7, 11) is 0. The smallest absolute Gasteiger partial charge is 0.319 e. The van der Waals surface area contributed by atoms with Crippen LogP contribution >= 0.6 is 0 Å². The van der Waals surface area contributed by atoms with Gasteiger partial charge in [0.15, 0.2) is 0 Å². The van der Waals surface area contributed by atoms with Gasteiger partial charge in [0.2, 0.25) is 0 Å². The summed E-state index contributed by atoms with van der Waals surface area (Å²) in [5.41, 5.74) is 1.36. The Hall–Kier alpha value is -1.84. The van der Waals surface area contributed by atoms with E-state index in [2.05, 4.69) is 25.2 Å². The van der Waals surface area contributed by atoms with E-state index in [0.29, 0.717) is 18.9 Å². The van der Waals surface area contributed by atoms with Crippen molar-refractivity contribution in [1.82, 2.24) is 10.2 Å². The molecule has 23 heavy (non-hydrogen) atoms. The van der Waals surface area contributed by atoms with Crippen LogP contribution in [0.4, 0.5) is 4.79 Å². The maximum atomic E-state index is 13.1. The van der Waals surface area contributed by atoms with Crippen LogP contribution in [0.3, 0.4) is 0 Å². The van der Waals surface area contributed by atoms with Gasteiger partial charge in [-0.15, -0.1) is 0 Å². The molecule has 4 heteroatoms. The third-order valence-electron chi connectivity index (χ3n) is 5.41. The van der Waals surface area contributed by atoms with E-state index in [1.807, 2.05) is 18.2 Å². The summed E-state index contributed by atoms with van der Waals surface area (Å²) in [6, 6.07) is 7.76. The molecule has 1 heterocycles. The van der Waals surface area contributed by atoms with Crippen LogP contribution in [0.25, 0.3) is 0 Å². The number of rotatable bonds is 6. The SMILES string of the molecule is CCCC[C@H](CC)CN1C(=O)N[C@]2(CCc3ccccc32)C1=O. The molecule has 3 rings (SSSR count). The summed E-state index contributed by atoms with van der Waals surface area (Å²) < 4.78 is 0. The highest BCUT2D eigenvalue weighted by molar-refractivity contribution is 6.08. The van der Waals surface area contributed by atoms with Crippen molar-refractivity contribution in [1.29, 1.82) is 0 Å². The van der Waals surface area contributed by atoms with Crippen molar-refractivity contribution in [2.24, 2.45) is 5.92 Å². The van der Waals surface area contributed by atoms with Crippen LogP contribution in [0.2, 0.25) is 0 Å². The topological polar surface area (TPSA) is 49.4 Å². The molecule has 1 aliphatic carbocycles. The third kappa shape index (κ3) is 2.64. The van der Waals surface area contributed by atoms with Gasteiger partial charge in [-0.3, -0.25) is 9.69 Å². The lowest BCUT2D eigenvalue weighted by Crippen LogP contribution is -2.42. The average Bonchev–Trinajstić information content (AvgIpc) is 3.05. The molecule has 1 fully saturated rings. The Bertz CT molecular complexity index is 613. The van der Waals surface area contributed by atoms with E-state index in [4.69, 9.17) is 0 Å². The van der Waals surface area contributed by atoms with Gasteiger partial charge in [0.25, 0.3) is 5.91 Å². The van der Waals surface area contributed by atoms with Crippen molar-refractivity contribution < 1.29 is 9.59 Å². The number of aryl methyl sites for hydroxylation is 1. The Morgan fingerprint density at radius 3 is 2.78 bits per heavy atom. The number of hydrogen-bond donors (Lipinski definition) is 1. The normalized spacial score (nSPS) is 24.2. The molecule has 3 amide bonds. The molecule has 1 N–H and O–H groups in total. The van der Waals surface area contributed by atoms with Crippen LogP contribution < -0.4 is 5.32 Å². The number of imide groups is 1. The number of carbonyl (C=O) groups excluding carboxylic acids is 2. The molecule has 1 aromatic carbocycles. The standard InChI is InChI=1S/C19H26N2O2/c1-3-5-8-14(4-2)13-21-17(22)19(20-18(21)23)12-11-15-9-6-7-10-16(15)19/h6-7,9-10,14H,3-5,8,11-13H2,1-2H3,(H,20,23)/t14-,19-/m0/s1. The lowest BCUT2D eigenvalue weighted by molar-refractivity contribution is -0.132. The first-order valence-corrected chi connectivity index (χ1v) is 8.85. The molecule has 124 valence electrons. The molecule has 0 bridgehead atoms. The van der Waals surface area contributed by atoms with E-state index in [-0.39, 0.29) is 11.9 Å². The zero-order valence-corrected chi connectivity index (χ0v) is 14.1. The number of amides is 3. The molecule has 1 spiro atoms. The van der Waals surface area contributed by atoms with Crippen LogP contribution in [-0.2, 0) is 16.8 Å². The summed E-state index contributed by atoms with van der Waals surface area (Å²) in [5, 5.41) is 3.01.